The maximum atomic E-state index is 12.3. The monoisotopic (exact) mass is 393 g/mol. The fourth-order valence-corrected chi connectivity index (χ4v) is 3.07. The SMILES string of the molecule is O=C(N[C@@H]1C[C@@H](Cn2cccn2)N(C(=O)O)C1)c1ccc(Br)nc1. The van der Waals surface area contributed by atoms with E-state index in [2.05, 4.69) is 31.3 Å². The van der Waals surface area contributed by atoms with Crippen LogP contribution in [-0.2, 0) is 6.54 Å². The van der Waals surface area contributed by atoms with Gasteiger partial charge in [-0.15, -0.1) is 0 Å². The Labute approximate surface area is 146 Å². The molecule has 2 amide bonds. The van der Waals surface area contributed by atoms with E-state index in [1.165, 1.54) is 11.1 Å². The Hall–Kier alpha value is -2.42. The number of pyridine rings is 1. The Morgan fingerprint density at radius 1 is 1.42 bits per heavy atom. The number of halogens is 1. The molecule has 9 heteroatoms. The van der Waals surface area contributed by atoms with Crippen molar-refractivity contribution in [3.63, 3.8) is 0 Å². The number of hydrogen-bond donors (Lipinski definition) is 2. The van der Waals surface area contributed by atoms with E-state index in [0.717, 1.165) is 0 Å². The Kier molecular flexibility index (Phi) is 4.79. The third-order valence-electron chi connectivity index (χ3n) is 3.94. The highest BCUT2D eigenvalue weighted by atomic mass is 79.9. The number of likely N-dealkylation sites (tertiary alicyclic amines) is 1. The highest BCUT2D eigenvalue weighted by Gasteiger charge is 2.36. The van der Waals surface area contributed by atoms with Crippen LogP contribution in [-0.4, -0.2) is 55.4 Å². The number of nitrogens with zero attached hydrogens (tertiary/aromatic N) is 4. The number of nitrogens with one attached hydrogen (secondary N) is 1. The summed E-state index contributed by atoms with van der Waals surface area (Å²) in [5.41, 5.74) is 0.440. The van der Waals surface area contributed by atoms with Crippen LogP contribution in [0.2, 0.25) is 0 Å². The van der Waals surface area contributed by atoms with Crippen molar-refractivity contribution >= 4 is 27.9 Å². The minimum Gasteiger partial charge on any atom is -0.465 e. The number of rotatable bonds is 4. The largest absolute Gasteiger partial charge is 0.465 e. The zero-order chi connectivity index (χ0) is 17.1. The van der Waals surface area contributed by atoms with Crippen molar-refractivity contribution in [2.24, 2.45) is 0 Å². The molecule has 126 valence electrons. The van der Waals surface area contributed by atoms with Gasteiger partial charge in [0.05, 0.1) is 18.2 Å². The summed E-state index contributed by atoms with van der Waals surface area (Å²) in [7, 11) is 0. The van der Waals surface area contributed by atoms with Crippen LogP contribution in [0.15, 0.2) is 41.4 Å². The molecule has 8 nitrogen and oxygen atoms in total. The van der Waals surface area contributed by atoms with E-state index in [1.54, 1.807) is 35.3 Å². The molecule has 0 saturated carbocycles. The smallest absolute Gasteiger partial charge is 0.407 e. The summed E-state index contributed by atoms with van der Waals surface area (Å²) >= 11 is 3.22. The van der Waals surface area contributed by atoms with Gasteiger partial charge in [0.1, 0.15) is 4.60 Å². The Balaban J connectivity index is 1.65. The molecule has 0 radical (unpaired) electrons. The van der Waals surface area contributed by atoms with E-state index in [0.29, 0.717) is 23.1 Å². The average Bonchev–Trinajstić information content (AvgIpc) is 3.18. The molecule has 1 aliphatic rings. The average molecular weight is 394 g/mol. The van der Waals surface area contributed by atoms with E-state index < -0.39 is 6.09 Å². The lowest BCUT2D eigenvalue weighted by molar-refractivity contribution is 0.0935. The molecule has 2 aromatic rings. The van der Waals surface area contributed by atoms with Gasteiger partial charge in [0.25, 0.3) is 5.91 Å². The number of carboxylic acid groups (broad SMARTS) is 1. The van der Waals surface area contributed by atoms with Gasteiger partial charge in [0, 0.05) is 31.2 Å². The number of carbonyl (C=O) groups is 2. The number of amides is 2. The minimum atomic E-state index is -0.991. The Bertz CT molecular complexity index is 719. The summed E-state index contributed by atoms with van der Waals surface area (Å²) in [6.45, 7) is 0.725. The molecule has 1 aliphatic heterocycles. The molecule has 0 unspecified atom stereocenters. The minimum absolute atomic E-state index is 0.226. The molecular weight excluding hydrogens is 378 g/mol. The molecule has 0 bridgehead atoms. The highest BCUT2D eigenvalue weighted by molar-refractivity contribution is 9.10. The molecule has 0 aromatic carbocycles. The third kappa shape index (κ3) is 3.73. The van der Waals surface area contributed by atoms with Gasteiger partial charge in [0.15, 0.2) is 0 Å². The summed E-state index contributed by atoms with van der Waals surface area (Å²) in [5, 5.41) is 16.4. The van der Waals surface area contributed by atoms with Crippen LogP contribution in [0.5, 0.6) is 0 Å². The van der Waals surface area contributed by atoms with Crippen molar-refractivity contribution in [2.75, 3.05) is 6.54 Å². The standard InChI is InChI=1S/C15H16BrN5O3/c16-13-3-2-10(7-17-13)14(22)19-11-6-12(21(8-11)15(23)24)9-20-5-1-4-18-20/h1-5,7,11-12H,6,8-9H2,(H,19,22)(H,23,24)/t11-,12+/m1/s1. The van der Waals surface area contributed by atoms with Crippen molar-refractivity contribution < 1.29 is 14.7 Å². The van der Waals surface area contributed by atoms with Gasteiger partial charge in [0.2, 0.25) is 0 Å². The molecule has 0 aliphatic carbocycles. The van der Waals surface area contributed by atoms with E-state index in [-0.39, 0.29) is 24.5 Å². The van der Waals surface area contributed by atoms with Gasteiger partial charge in [-0.05, 0) is 40.5 Å². The highest BCUT2D eigenvalue weighted by Crippen LogP contribution is 2.20. The molecule has 1 saturated heterocycles. The second-order valence-corrected chi connectivity index (χ2v) is 6.41. The first-order valence-electron chi connectivity index (χ1n) is 7.42. The fourth-order valence-electron chi connectivity index (χ4n) is 2.83. The lowest BCUT2D eigenvalue weighted by Crippen LogP contribution is -2.39. The van der Waals surface area contributed by atoms with Crippen LogP contribution in [0.25, 0.3) is 0 Å². The molecule has 2 N–H and O–H groups in total. The normalized spacial score (nSPS) is 20.1. The van der Waals surface area contributed by atoms with Crippen LogP contribution in [0.3, 0.4) is 0 Å². The molecule has 0 spiro atoms. The predicted molar refractivity (Wildman–Crippen MR) is 88.6 cm³/mol. The van der Waals surface area contributed by atoms with Gasteiger partial charge in [-0.25, -0.2) is 9.78 Å². The topological polar surface area (TPSA) is 100 Å². The molecular formula is C15H16BrN5O3. The van der Waals surface area contributed by atoms with Crippen LogP contribution in [0, 0.1) is 0 Å². The van der Waals surface area contributed by atoms with E-state index in [1.807, 2.05) is 0 Å². The van der Waals surface area contributed by atoms with Crippen molar-refractivity contribution in [1.29, 1.82) is 0 Å². The maximum absolute atomic E-state index is 12.3. The second-order valence-electron chi connectivity index (χ2n) is 5.59. The number of carbonyl (C=O) groups excluding carboxylic acids is 1. The molecule has 3 heterocycles. The zero-order valence-corrected chi connectivity index (χ0v) is 14.3. The van der Waals surface area contributed by atoms with E-state index in [9.17, 15) is 14.7 Å². The number of aromatic nitrogens is 3. The van der Waals surface area contributed by atoms with Crippen LogP contribution >= 0.6 is 15.9 Å². The lowest BCUT2D eigenvalue weighted by atomic mass is 10.1. The van der Waals surface area contributed by atoms with Crippen LogP contribution < -0.4 is 5.32 Å². The summed E-state index contributed by atoms with van der Waals surface area (Å²) in [4.78, 5) is 29.1. The zero-order valence-electron chi connectivity index (χ0n) is 12.7. The molecule has 3 rings (SSSR count). The van der Waals surface area contributed by atoms with Gasteiger partial charge in [-0.1, -0.05) is 0 Å². The predicted octanol–water partition coefficient (Wildman–Crippen LogP) is 1.59. The first kappa shape index (κ1) is 16.4. The fraction of sp³-hybridized carbons (Fsp3) is 0.333. The first-order valence-corrected chi connectivity index (χ1v) is 8.21. The van der Waals surface area contributed by atoms with Gasteiger partial charge in [-0.3, -0.25) is 9.48 Å². The van der Waals surface area contributed by atoms with Crippen LogP contribution in [0.4, 0.5) is 4.79 Å². The van der Waals surface area contributed by atoms with Gasteiger partial charge >= 0.3 is 6.09 Å². The lowest BCUT2D eigenvalue weighted by Gasteiger charge is -2.20. The second kappa shape index (κ2) is 7.00. The summed E-state index contributed by atoms with van der Waals surface area (Å²) in [5.74, 6) is -0.259. The van der Waals surface area contributed by atoms with E-state index >= 15 is 0 Å². The quantitative estimate of drug-likeness (QED) is 0.768. The third-order valence-corrected chi connectivity index (χ3v) is 4.41. The summed E-state index contributed by atoms with van der Waals surface area (Å²) in [6, 6.07) is 4.68. The van der Waals surface area contributed by atoms with Crippen molar-refractivity contribution in [3.05, 3.63) is 47.0 Å². The molecule has 2 atom stereocenters. The summed E-state index contributed by atoms with van der Waals surface area (Å²) < 4.78 is 2.35. The van der Waals surface area contributed by atoms with E-state index in [4.69, 9.17) is 0 Å². The Morgan fingerprint density at radius 3 is 2.88 bits per heavy atom. The first-order chi connectivity index (χ1) is 11.5. The van der Waals surface area contributed by atoms with Gasteiger partial charge in [-0.2, -0.15) is 5.10 Å². The number of hydrogen-bond acceptors (Lipinski definition) is 4. The molecule has 1 fully saturated rings. The molecule has 2 aromatic heterocycles. The Morgan fingerprint density at radius 2 is 2.25 bits per heavy atom. The van der Waals surface area contributed by atoms with Gasteiger partial charge < -0.3 is 15.3 Å². The molecule has 24 heavy (non-hydrogen) atoms. The van der Waals surface area contributed by atoms with Crippen molar-refractivity contribution in [3.8, 4) is 0 Å². The van der Waals surface area contributed by atoms with Crippen molar-refractivity contribution in [2.45, 2.75) is 25.0 Å². The summed E-state index contributed by atoms with van der Waals surface area (Å²) in [6.07, 6.45) is 4.47. The van der Waals surface area contributed by atoms with Crippen LogP contribution in [0.1, 0.15) is 16.8 Å². The maximum Gasteiger partial charge on any atom is 0.407 e. The van der Waals surface area contributed by atoms with Crippen molar-refractivity contribution in [1.82, 2.24) is 25.0 Å².